The van der Waals surface area contributed by atoms with E-state index in [9.17, 15) is 4.79 Å². The molecule has 0 bridgehead atoms. The zero-order valence-corrected chi connectivity index (χ0v) is 13.9. The van der Waals surface area contributed by atoms with E-state index in [1.165, 1.54) is 0 Å². The molecule has 1 fully saturated rings. The highest BCUT2D eigenvalue weighted by atomic mass is 16.1. The Morgan fingerprint density at radius 3 is 2.96 bits per heavy atom. The van der Waals surface area contributed by atoms with Gasteiger partial charge < -0.3 is 4.90 Å². The molecule has 1 atom stereocenters. The van der Waals surface area contributed by atoms with Crippen molar-refractivity contribution in [1.29, 1.82) is 0 Å². The molecule has 0 spiro atoms. The predicted molar refractivity (Wildman–Crippen MR) is 88.6 cm³/mol. The van der Waals surface area contributed by atoms with Crippen molar-refractivity contribution in [2.24, 2.45) is 7.05 Å². The fourth-order valence-corrected chi connectivity index (χ4v) is 3.05. The van der Waals surface area contributed by atoms with Crippen LogP contribution in [0.4, 0.5) is 5.82 Å². The van der Waals surface area contributed by atoms with Crippen molar-refractivity contribution >= 4 is 11.6 Å². The molecular weight excluding hydrogens is 290 g/mol. The van der Waals surface area contributed by atoms with Crippen LogP contribution in [0, 0.1) is 0 Å². The molecule has 6 heteroatoms. The van der Waals surface area contributed by atoms with Gasteiger partial charge in [-0.05, 0) is 18.9 Å². The van der Waals surface area contributed by atoms with Crippen molar-refractivity contribution in [3.05, 3.63) is 36.0 Å². The van der Waals surface area contributed by atoms with E-state index in [4.69, 9.17) is 0 Å². The number of aryl methyl sites for hydroxylation is 1. The lowest BCUT2D eigenvalue weighted by Crippen LogP contribution is -2.32. The summed E-state index contributed by atoms with van der Waals surface area (Å²) in [5.41, 5.74) is 0.685. The van der Waals surface area contributed by atoms with E-state index in [0.717, 1.165) is 31.0 Å². The van der Waals surface area contributed by atoms with E-state index >= 15 is 0 Å². The minimum absolute atomic E-state index is 0.146. The Morgan fingerprint density at radius 2 is 2.26 bits per heavy atom. The van der Waals surface area contributed by atoms with Gasteiger partial charge in [0.25, 0.3) is 0 Å². The topological polar surface area (TPSA) is 63.9 Å². The molecule has 0 radical (unpaired) electrons. The van der Waals surface area contributed by atoms with Crippen LogP contribution in [-0.4, -0.2) is 38.1 Å². The molecule has 0 aliphatic carbocycles. The molecule has 0 N–H and O–H groups in total. The molecule has 23 heavy (non-hydrogen) atoms. The van der Waals surface area contributed by atoms with Crippen LogP contribution in [0.15, 0.2) is 24.7 Å². The molecule has 1 aliphatic rings. The van der Waals surface area contributed by atoms with Crippen LogP contribution < -0.4 is 4.90 Å². The van der Waals surface area contributed by atoms with Gasteiger partial charge in [0.15, 0.2) is 5.78 Å². The van der Waals surface area contributed by atoms with Crippen molar-refractivity contribution in [2.45, 2.75) is 45.1 Å². The Balaban J connectivity index is 1.75. The molecule has 0 unspecified atom stereocenters. The molecular formula is C17H23N5O. The largest absolute Gasteiger partial charge is 0.353 e. The Labute approximate surface area is 136 Å². The Hall–Kier alpha value is -2.24. The normalized spacial score (nSPS) is 17.9. The van der Waals surface area contributed by atoms with Crippen molar-refractivity contribution < 1.29 is 4.79 Å². The summed E-state index contributed by atoms with van der Waals surface area (Å²) < 4.78 is 1.67. The summed E-state index contributed by atoms with van der Waals surface area (Å²) in [6.07, 6.45) is 7.86. The Bertz CT molecular complexity index is 694. The molecule has 122 valence electrons. The van der Waals surface area contributed by atoms with Gasteiger partial charge in [0.1, 0.15) is 11.6 Å². The number of Topliss-reactive ketones (excluding diaryl/α,β-unsaturated/α-hetero) is 1. The molecule has 0 saturated carbocycles. The number of nitrogens with zero attached hydrogens (tertiary/aromatic N) is 5. The summed E-state index contributed by atoms with van der Waals surface area (Å²) in [6.45, 7) is 5.12. The van der Waals surface area contributed by atoms with E-state index in [0.29, 0.717) is 17.9 Å². The lowest BCUT2D eigenvalue weighted by atomic mass is 10.0. The van der Waals surface area contributed by atoms with Gasteiger partial charge in [0, 0.05) is 44.4 Å². The SMILES string of the molecule is CC(C)c1nccc(N2CCC[C@H]2CC(=O)c2cnn(C)c2)n1. The second kappa shape index (κ2) is 6.48. The molecule has 1 aliphatic heterocycles. The average Bonchev–Trinajstić information content (AvgIpc) is 3.16. The van der Waals surface area contributed by atoms with Gasteiger partial charge in [0.2, 0.25) is 0 Å². The van der Waals surface area contributed by atoms with E-state index in [-0.39, 0.29) is 11.8 Å². The number of ketones is 1. The second-order valence-corrected chi connectivity index (χ2v) is 6.45. The van der Waals surface area contributed by atoms with E-state index in [1.54, 1.807) is 17.1 Å². The number of rotatable bonds is 5. The third-order valence-electron chi connectivity index (χ3n) is 4.30. The fraction of sp³-hybridized carbons (Fsp3) is 0.529. The van der Waals surface area contributed by atoms with Crippen LogP contribution in [0.25, 0.3) is 0 Å². The lowest BCUT2D eigenvalue weighted by Gasteiger charge is -2.25. The number of aromatic nitrogens is 4. The first kappa shape index (κ1) is 15.6. The zero-order chi connectivity index (χ0) is 16.4. The fourth-order valence-electron chi connectivity index (χ4n) is 3.05. The molecule has 1 saturated heterocycles. The van der Waals surface area contributed by atoms with Crippen LogP contribution in [0.2, 0.25) is 0 Å². The maximum Gasteiger partial charge on any atom is 0.168 e. The molecule has 0 amide bonds. The van der Waals surface area contributed by atoms with E-state index < -0.39 is 0 Å². The number of anilines is 1. The van der Waals surface area contributed by atoms with Gasteiger partial charge in [-0.25, -0.2) is 9.97 Å². The lowest BCUT2D eigenvalue weighted by molar-refractivity contribution is 0.0974. The van der Waals surface area contributed by atoms with Crippen molar-refractivity contribution in [3.63, 3.8) is 0 Å². The number of hydrogen-bond acceptors (Lipinski definition) is 5. The Kier molecular flexibility index (Phi) is 4.41. The van der Waals surface area contributed by atoms with Gasteiger partial charge in [-0.1, -0.05) is 13.8 Å². The van der Waals surface area contributed by atoms with Crippen molar-refractivity contribution in [1.82, 2.24) is 19.7 Å². The summed E-state index contributed by atoms with van der Waals surface area (Å²) in [7, 11) is 1.83. The van der Waals surface area contributed by atoms with Crippen LogP contribution in [0.1, 0.15) is 55.2 Å². The van der Waals surface area contributed by atoms with Gasteiger partial charge in [-0.2, -0.15) is 5.10 Å². The highest BCUT2D eigenvalue weighted by Crippen LogP contribution is 2.27. The summed E-state index contributed by atoms with van der Waals surface area (Å²) >= 11 is 0. The maximum atomic E-state index is 12.5. The van der Waals surface area contributed by atoms with Crippen LogP contribution >= 0.6 is 0 Å². The molecule has 3 heterocycles. The molecule has 2 aromatic rings. The maximum absolute atomic E-state index is 12.5. The molecule has 3 rings (SSSR count). The van der Waals surface area contributed by atoms with Gasteiger partial charge in [-0.15, -0.1) is 0 Å². The summed E-state index contributed by atoms with van der Waals surface area (Å²) in [5, 5.41) is 4.08. The third kappa shape index (κ3) is 3.41. The number of carbonyl (C=O) groups excluding carboxylic acids is 1. The van der Waals surface area contributed by atoms with E-state index in [2.05, 4.69) is 33.8 Å². The second-order valence-electron chi connectivity index (χ2n) is 6.45. The van der Waals surface area contributed by atoms with Gasteiger partial charge in [0.05, 0.1) is 11.8 Å². The molecule has 0 aromatic carbocycles. The quantitative estimate of drug-likeness (QED) is 0.794. The first-order valence-electron chi connectivity index (χ1n) is 8.16. The zero-order valence-electron chi connectivity index (χ0n) is 13.9. The van der Waals surface area contributed by atoms with Crippen LogP contribution in [-0.2, 0) is 7.05 Å². The van der Waals surface area contributed by atoms with Crippen molar-refractivity contribution in [2.75, 3.05) is 11.4 Å². The molecule has 6 nitrogen and oxygen atoms in total. The first-order valence-corrected chi connectivity index (χ1v) is 8.16. The van der Waals surface area contributed by atoms with E-state index in [1.807, 2.05) is 19.3 Å². The molecule has 2 aromatic heterocycles. The monoisotopic (exact) mass is 313 g/mol. The first-order chi connectivity index (χ1) is 11.0. The van der Waals surface area contributed by atoms with Crippen molar-refractivity contribution in [3.8, 4) is 0 Å². The highest BCUT2D eigenvalue weighted by Gasteiger charge is 2.28. The van der Waals surface area contributed by atoms with Gasteiger partial charge >= 0.3 is 0 Å². The minimum atomic E-state index is 0.146. The summed E-state index contributed by atoms with van der Waals surface area (Å²) in [6, 6.07) is 2.15. The summed E-state index contributed by atoms with van der Waals surface area (Å²) in [4.78, 5) is 23.7. The smallest absolute Gasteiger partial charge is 0.168 e. The standard InChI is InChI=1S/C17H23N5O/c1-12(2)17-18-7-6-16(20-17)22-8-4-5-14(22)9-15(23)13-10-19-21(3)11-13/h6-7,10-12,14H,4-5,8-9H2,1-3H3/t14-/m0/s1. The average molecular weight is 313 g/mol. The number of hydrogen-bond donors (Lipinski definition) is 0. The van der Waals surface area contributed by atoms with Gasteiger partial charge in [-0.3, -0.25) is 9.48 Å². The minimum Gasteiger partial charge on any atom is -0.353 e. The Morgan fingerprint density at radius 1 is 1.43 bits per heavy atom. The summed E-state index contributed by atoms with van der Waals surface area (Å²) in [5.74, 6) is 2.23. The third-order valence-corrected chi connectivity index (χ3v) is 4.30. The predicted octanol–water partition coefficient (Wildman–Crippen LogP) is 2.58. The van der Waals surface area contributed by atoms with Crippen LogP contribution in [0.3, 0.4) is 0 Å². The van der Waals surface area contributed by atoms with Crippen LogP contribution in [0.5, 0.6) is 0 Å². The highest BCUT2D eigenvalue weighted by molar-refractivity contribution is 5.96. The number of carbonyl (C=O) groups is 1.